The second-order valence-electron chi connectivity index (χ2n) is 4.60. The molecule has 2 aromatic heterocycles. The summed E-state index contributed by atoms with van der Waals surface area (Å²) in [5, 5.41) is 19.7. The van der Waals surface area contributed by atoms with E-state index in [2.05, 4.69) is 29.4 Å². The summed E-state index contributed by atoms with van der Waals surface area (Å²) in [5.41, 5.74) is 3.97. The van der Waals surface area contributed by atoms with Crippen molar-refractivity contribution in [1.82, 2.24) is 15.0 Å². The predicted octanol–water partition coefficient (Wildman–Crippen LogP) is 2.86. The quantitative estimate of drug-likeness (QED) is 0.802. The average Bonchev–Trinajstić information content (AvgIpc) is 3.09. The molecule has 0 saturated heterocycles. The van der Waals surface area contributed by atoms with Crippen LogP contribution in [0, 0.1) is 6.92 Å². The molecule has 0 radical (unpaired) electrons. The van der Waals surface area contributed by atoms with E-state index >= 15 is 0 Å². The van der Waals surface area contributed by atoms with Crippen LogP contribution in [-0.4, -0.2) is 20.1 Å². The van der Waals surface area contributed by atoms with Crippen LogP contribution >= 0.6 is 11.3 Å². The maximum Gasteiger partial charge on any atom is 0.117 e. The van der Waals surface area contributed by atoms with Crippen molar-refractivity contribution in [2.24, 2.45) is 0 Å². The van der Waals surface area contributed by atoms with Gasteiger partial charge in [0.15, 0.2) is 0 Å². The van der Waals surface area contributed by atoms with Crippen LogP contribution in [0.4, 0.5) is 0 Å². The zero-order valence-electron chi connectivity index (χ0n) is 11.2. The molecule has 0 aliphatic heterocycles. The normalized spacial score (nSPS) is 10.9. The first kappa shape index (κ1) is 13.0. The summed E-state index contributed by atoms with van der Waals surface area (Å²) in [6.45, 7) is 2.65. The molecule has 0 atom stereocenters. The second-order valence-corrected chi connectivity index (χ2v) is 5.55. The third-order valence-electron chi connectivity index (χ3n) is 3.29. The molecule has 0 fully saturated rings. The minimum atomic E-state index is -0.0962. The summed E-state index contributed by atoms with van der Waals surface area (Å²) < 4.78 is 1.86. The molecular formula is C15H15N3OS. The van der Waals surface area contributed by atoms with Crippen molar-refractivity contribution in [2.75, 3.05) is 0 Å². The van der Waals surface area contributed by atoms with Crippen LogP contribution in [0.1, 0.15) is 16.8 Å². The van der Waals surface area contributed by atoms with Gasteiger partial charge in [-0.15, -0.1) is 16.4 Å². The molecule has 0 spiro atoms. The molecule has 3 aromatic rings. The zero-order chi connectivity index (χ0) is 13.9. The highest BCUT2D eigenvalue weighted by Gasteiger charge is 2.15. The zero-order valence-corrected chi connectivity index (χ0v) is 12.0. The van der Waals surface area contributed by atoms with Crippen molar-refractivity contribution in [3.8, 4) is 10.6 Å². The number of aryl methyl sites for hydroxylation is 1. The van der Waals surface area contributed by atoms with E-state index in [-0.39, 0.29) is 6.61 Å². The van der Waals surface area contributed by atoms with Crippen LogP contribution in [0.15, 0.2) is 41.8 Å². The first-order chi connectivity index (χ1) is 9.79. The number of aromatic nitrogens is 3. The minimum Gasteiger partial charge on any atom is -0.390 e. The van der Waals surface area contributed by atoms with Gasteiger partial charge < -0.3 is 5.11 Å². The van der Waals surface area contributed by atoms with Crippen LogP contribution in [0.5, 0.6) is 0 Å². The smallest absolute Gasteiger partial charge is 0.117 e. The first-order valence-electron chi connectivity index (χ1n) is 6.41. The maximum atomic E-state index is 9.44. The number of rotatable bonds is 4. The highest BCUT2D eigenvalue weighted by Crippen LogP contribution is 2.27. The van der Waals surface area contributed by atoms with Crippen molar-refractivity contribution in [1.29, 1.82) is 0 Å². The molecule has 20 heavy (non-hydrogen) atoms. The third-order valence-corrected chi connectivity index (χ3v) is 4.17. The number of hydrogen-bond acceptors (Lipinski definition) is 4. The van der Waals surface area contributed by atoms with Crippen LogP contribution < -0.4 is 0 Å². The molecule has 0 aliphatic carbocycles. The Morgan fingerprint density at radius 3 is 2.75 bits per heavy atom. The second kappa shape index (κ2) is 5.56. The lowest BCUT2D eigenvalue weighted by atomic mass is 10.1. The number of benzene rings is 1. The summed E-state index contributed by atoms with van der Waals surface area (Å²) in [5.74, 6) is 0. The molecule has 0 aliphatic rings. The summed E-state index contributed by atoms with van der Waals surface area (Å²) in [7, 11) is 0. The van der Waals surface area contributed by atoms with Gasteiger partial charge in [-0.2, -0.15) is 0 Å². The summed E-state index contributed by atoms with van der Waals surface area (Å²) in [4.78, 5) is 1.08. The molecule has 2 heterocycles. The van der Waals surface area contributed by atoms with Gasteiger partial charge in [-0.25, -0.2) is 4.68 Å². The molecule has 3 rings (SSSR count). The van der Waals surface area contributed by atoms with Gasteiger partial charge in [-0.1, -0.05) is 35.5 Å². The summed E-state index contributed by atoms with van der Waals surface area (Å²) >= 11 is 1.63. The standard InChI is InChI=1S/C15H15N3OS/c1-11-5-2-3-6-12(11)9-18-15(13(10-19)16-17-18)14-7-4-8-20-14/h2-8,19H,9-10H2,1H3. The molecule has 1 N–H and O–H groups in total. The van der Waals surface area contributed by atoms with E-state index in [0.29, 0.717) is 12.2 Å². The lowest BCUT2D eigenvalue weighted by Crippen LogP contribution is -2.05. The van der Waals surface area contributed by atoms with Gasteiger partial charge in [-0.3, -0.25) is 0 Å². The molecule has 5 heteroatoms. The molecule has 0 saturated carbocycles. The Hall–Kier alpha value is -1.98. The number of aliphatic hydroxyl groups is 1. The molecule has 4 nitrogen and oxygen atoms in total. The fraction of sp³-hybridized carbons (Fsp3) is 0.200. The summed E-state index contributed by atoms with van der Waals surface area (Å²) in [6, 6.07) is 12.2. The van der Waals surface area contributed by atoms with E-state index in [9.17, 15) is 5.11 Å². The van der Waals surface area contributed by atoms with Crippen LogP contribution in [0.3, 0.4) is 0 Å². The van der Waals surface area contributed by atoms with E-state index in [1.54, 1.807) is 11.3 Å². The van der Waals surface area contributed by atoms with Crippen LogP contribution in [0.2, 0.25) is 0 Å². The van der Waals surface area contributed by atoms with Gasteiger partial charge in [0.2, 0.25) is 0 Å². The van der Waals surface area contributed by atoms with Gasteiger partial charge in [0, 0.05) is 0 Å². The Bertz CT molecular complexity index is 704. The molecular weight excluding hydrogens is 270 g/mol. The number of aliphatic hydroxyl groups excluding tert-OH is 1. The molecule has 0 unspecified atom stereocenters. The van der Waals surface area contributed by atoms with Crippen LogP contribution in [0.25, 0.3) is 10.6 Å². The van der Waals surface area contributed by atoms with Gasteiger partial charge in [0.05, 0.1) is 18.0 Å². The predicted molar refractivity (Wildman–Crippen MR) is 79.5 cm³/mol. The number of thiophene rings is 1. The van der Waals surface area contributed by atoms with Crippen molar-refractivity contribution >= 4 is 11.3 Å². The SMILES string of the molecule is Cc1ccccc1Cn1nnc(CO)c1-c1cccs1. The molecule has 102 valence electrons. The average molecular weight is 285 g/mol. The molecule has 0 amide bonds. The Kier molecular flexibility index (Phi) is 3.62. The summed E-state index contributed by atoms with van der Waals surface area (Å²) in [6.07, 6.45) is 0. The van der Waals surface area contributed by atoms with Gasteiger partial charge in [0.1, 0.15) is 11.4 Å². The largest absolute Gasteiger partial charge is 0.390 e. The highest BCUT2D eigenvalue weighted by atomic mass is 32.1. The maximum absolute atomic E-state index is 9.44. The van der Waals surface area contributed by atoms with Gasteiger partial charge >= 0.3 is 0 Å². The van der Waals surface area contributed by atoms with Crippen molar-refractivity contribution in [2.45, 2.75) is 20.1 Å². The molecule has 0 bridgehead atoms. The lowest BCUT2D eigenvalue weighted by molar-refractivity contribution is 0.277. The van der Waals surface area contributed by atoms with E-state index in [1.807, 2.05) is 34.3 Å². The van der Waals surface area contributed by atoms with E-state index in [1.165, 1.54) is 11.1 Å². The molecule has 1 aromatic carbocycles. The minimum absolute atomic E-state index is 0.0962. The number of hydrogen-bond donors (Lipinski definition) is 1. The van der Waals surface area contributed by atoms with E-state index < -0.39 is 0 Å². The van der Waals surface area contributed by atoms with E-state index in [0.717, 1.165) is 10.6 Å². The Labute approximate surface area is 121 Å². The van der Waals surface area contributed by atoms with Crippen molar-refractivity contribution in [3.05, 3.63) is 58.6 Å². The third kappa shape index (κ3) is 2.37. The van der Waals surface area contributed by atoms with Gasteiger partial charge in [0.25, 0.3) is 0 Å². The van der Waals surface area contributed by atoms with Gasteiger partial charge in [-0.05, 0) is 29.5 Å². The van der Waals surface area contributed by atoms with Crippen molar-refractivity contribution in [3.63, 3.8) is 0 Å². The lowest BCUT2D eigenvalue weighted by Gasteiger charge is -2.08. The topological polar surface area (TPSA) is 50.9 Å². The monoisotopic (exact) mass is 285 g/mol. The highest BCUT2D eigenvalue weighted by molar-refractivity contribution is 7.13. The van der Waals surface area contributed by atoms with Crippen LogP contribution in [-0.2, 0) is 13.2 Å². The Balaban J connectivity index is 2.03. The fourth-order valence-electron chi connectivity index (χ4n) is 2.20. The number of nitrogens with zero attached hydrogens (tertiary/aromatic N) is 3. The Morgan fingerprint density at radius 1 is 1.20 bits per heavy atom. The fourth-order valence-corrected chi connectivity index (χ4v) is 2.99. The Morgan fingerprint density at radius 2 is 2.05 bits per heavy atom. The van der Waals surface area contributed by atoms with Crippen molar-refractivity contribution < 1.29 is 5.11 Å². The van der Waals surface area contributed by atoms with E-state index in [4.69, 9.17) is 0 Å². The first-order valence-corrected chi connectivity index (χ1v) is 7.29.